The number of carbonyl (C=O) groups excluding carboxylic acids is 1. The molecule has 5 nitrogen and oxygen atoms in total. The van der Waals surface area contributed by atoms with Crippen LogP contribution in [0.4, 0.5) is 5.69 Å². The largest absolute Gasteiger partial charge is 0.325 e. The standard InChI is InChI=1S/C15H13IN4O/c16-12(15(21)17-11-6-2-1-3-7-11)10-20-14-9-5-4-8-13(14)18-19-20/h1-9,12H,10H2,(H,17,21). The van der Waals surface area contributed by atoms with Crippen molar-refractivity contribution in [3.63, 3.8) is 0 Å². The molecule has 0 saturated carbocycles. The minimum Gasteiger partial charge on any atom is -0.325 e. The van der Waals surface area contributed by atoms with Gasteiger partial charge in [0.05, 0.1) is 12.1 Å². The van der Waals surface area contributed by atoms with Crippen molar-refractivity contribution in [1.29, 1.82) is 0 Å². The van der Waals surface area contributed by atoms with E-state index in [1.54, 1.807) is 4.68 Å². The molecule has 3 aromatic rings. The molecule has 6 heteroatoms. The topological polar surface area (TPSA) is 59.8 Å². The predicted molar refractivity (Wildman–Crippen MR) is 90.4 cm³/mol. The first-order valence-corrected chi connectivity index (χ1v) is 7.77. The van der Waals surface area contributed by atoms with Crippen molar-refractivity contribution in [3.05, 3.63) is 54.6 Å². The molecule has 1 unspecified atom stereocenters. The van der Waals surface area contributed by atoms with Gasteiger partial charge in [-0.2, -0.15) is 0 Å². The molecule has 0 saturated heterocycles. The van der Waals surface area contributed by atoms with E-state index in [2.05, 4.69) is 38.2 Å². The first kappa shape index (κ1) is 14.0. The molecule has 1 atom stereocenters. The molecule has 1 amide bonds. The first-order valence-electron chi connectivity index (χ1n) is 6.52. The van der Waals surface area contributed by atoms with Crippen LogP contribution < -0.4 is 5.32 Å². The van der Waals surface area contributed by atoms with Crippen molar-refractivity contribution in [3.8, 4) is 0 Å². The van der Waals surface area contributed by atoms with Crippen molar-refractivity contribution in [2.75, 3.05) is 5.32 Å². The number of nitrogens with one attached hydrogen (secondary N) is 1. The Labute approximate surface area is 135 Å². The number of hydrogen-bond donors (Lipinski definition) is 1. The van der Waals surface area contributed by atoms with Crippen LogP contribution >= 0.6 is 22.6 Å². The number of amides is 1. The van der Waals surface area contributed by atoms with E-state index < -0.39 is 0 Å². The average molecular weight is 392 g/mol. The molecular weight excluding hydrogens is 379 g/mol. The summed E-state index contributed by atoms with van der Waals surface area (Å²) in [6.07, 6.45) is 0. The Balaban J connectivity index is 1.71. The quantitative estimate of drug-likeness (QED) is 0.549. The monoisotopic (exact) mass is 392 g/mol. The highest BCUT2D eigenvalue weighted by molar-refractivity contribution is 14.1. The minimum absolute atomic E-state index is 0.0404. The molecule has 0 spiro atoms. The number of benzene rings is 2. The van der Waals surface area contributed by atoms with Crippen molar-refractivity contribution in [2.45, 2.75) is 10.5 Å². The van der Waals surface area contributed by atoms with Crippen molar-refractivity contribution in [2.24, 2.45) is 0 Å². The summed E-state index contributed by atoms with van der Waals surface area (Å²) in [5.74, 6) is -0.0404. The molecule has 0 fully saturated rings. The van der Waals surface area contributed by atoms with Crippen LogP contribution in [0.2, 0.25) is 0 Å². The molecule has 0 aliphatic heterocycles. The number of alkyl halides is 1. The lowest BCUT2D eigenvalue weighted by atomic mass is 10.3. The SMILES string of the molecule is O=C(Nc1ccccc1)C(I)Cn1nnc2ccccc21. The third kappa shape index (κ3) is 3.21. The van der Waals surface area contributed by atoms with Crippen LogP contribution in [0.15, 0.2) is 54.6 Å². The minimum atomic E-state index is -0.229. The fraction of sp³-hybridized carbons (Fsp3) is 0.133. The maximum absolute atomic E-state index is 12.2. The Morgan fingerprint density at radius 2 is 1.86 bits per heavy atom. The smallest absolute Gasteiger partial charge is 0.239 e. The highest BCUT2D eigenvalue weighted by atomic mass is 127. The molecule has 1 aromatic heterocycles. The van der Waals surface area contributed by atoms with Gasteiger partial charge in [0, 0.05) is 5.69 Å². The Bertz CT molecular complexity index is 756. The highest BCUT2D eigenvalue weighted by Gasteiger charge is 2.17. The summed E-state index contributed by atoms with van der Waals surface area (Å²) in [4.78, 5) is 12.2. The molecule has 106 valence electrons. The summed E-state index contributed by atoms with van der Waals surface area (Å²) in [6, 6.07) is 17.2. The van der Waals surface area contributed by atoms with Gasteiger partial charge in [-0.05, 0) is 24.3 Å². The number of nitrogens with zero attached hydrogens (tertiary/aromatic N) is 3. The Hall–Kier alpha value is -1.96. The van der Waals surface area contributed by atoms with Gasteiger partial charge in [-0.25, -0.2) is 4.68 Å². The second-order valence-electron chi connectivity index (χ2n) is 4.58. The van der Waals surface area contributed by atoms with Gasteiger partial charge in [0.25, 0.3) is 0 Å². The van der Waals surface area contributed by atoms with E-state index in [0.29, 0.717) is 6.54 Å². The highest BCUT2D eigenvalue weighted by Crippen LogP contribution is 2.14. The van der Waals surface area contributed by atoms with E-state index in [1.807, 2.05) is 54.6 Å². The normalized spacial score (nSPS) is 12.2. The van der Waals surface area contributed by atoms with E-state index in [-0.39, 0.29) is 9.83 Å². The summed E-state index contributed by atoms with van der Waals surface area (Å²) in [5, 5.41) is 11.1. The number of aromatic nitrogens is 3. The molecule has 3 rings (SSSR count). The van der Waals surface area contributed by atoms with Gasteiger partial charge in [0.15, 0.2) is 0 Å². The number of rotatable bonds is 4. The lowest BCUT2D eigenvalue weighted by Crippen LogP contribution is -2.27. The number of hydrogen-bond acceptors (Lipinski definition) is 3. The number of fused-ring (bicyclic) bond motifs is 1. The molecule has 0 radical (unpaired) electrons. The molecule has 1 heterocycles. The molecule has 0 aliphatic carbocycles. The average Bonchev–Trinajstić information content (AvgIpc) is 2.91. The Morgan fingerprint density at radius 1 is 1.14 bits per heavy atom. The van der Waals surface area contributed by atoms with E-state index in [9.17, 15) is 4.79 Å². The summed E-state index contributed by atoms with van der Waals surface area (Å²) < 4.78 is 1.53. The maximum Gasteiger partial charge on any atom is 0.239 e. The lowest BCUT2D eigenvalue weighted by Gasteiger charge is -2.11. The molecular formula is C15H13IN4O. The van der Waals surface area contributed by atoms with Gasteiger partial charge in [0.2, 0.25) is 5.91 Å². The van der Waals surface area contributed by atoms with Gasteiger partial charge >= 0.3 is 0 Å². The van der Waals surface area contributed by atoms with Crippen LogP contribution in [-0.2, 0) is 11.3 Å². The molecule has 21 heavy (non-hydrogen) atoms. The second kappa shape index (κ2) is 6.21. The zero-order valence-corrected chi connectivity index (χ0v) is 13.3. The van der Waals surface area contributed by atoms with Gasteiger partial charge in [-0.3, -0.25) is 4.79 Å². The van der Waals surface area contributed by atoms with Gasteiger partial charge < -0.3 is 5.32 Å². The van der Waals surface area contributed by atoms with E-state index in [0.717, 1.165) is 16.7 Å². The fourth-order valence-electron chi connectivity index (χ4n) is 2.03. The van der Waals surface area contributed by atoms with E-state index in [4.69, 9.17) is 0 Å². The lowest BCUT2D eigenvalue weighted by molar-refractivity contribution is -0.115. The van der Waals surface area contributed by atoms with Crippen molar-refractivity contribution in [1.82, 2.24) is 15.0 Å². The van der Waals surface area contributed by atoms with Crippen molar-refractivity contribution < 1.29 is 4.79 Å². The third-order valence-corrected chi connectivity index (χ3v) is 4.04. The second-order valence-corrected chi connectivity index (χ2v) is 6.09. The molecule has 1 N–H and O–H groups in total. The fourth-order valence-corrected chi connectivity index (χ4v) is 2.56. The maximum atomic E-state index is 12.2. The van der Waals surface area contributed by atoms with Crippen LogP contribution in [-0.4, -0.2) is 24.8 Å². The van der Waals surface area contributed by atoms with Gasteiger partial charge in [-0.1, -0.05) is 58.1 Å². The number of carbonyl (C=O) groups is 1. The molecule has 0 bridgehead atoms. The predicted octanol–water partition coefficient (Wildman–Crippen LogP) is 2.87. The summed E-state index contributed by atoms with van der Waals surface area (Å²) >= 11 is 2.13. The van der Waals surface area contributed by atoms with Crippen molar-refractivity contribution >= 4 is 45.2 Å². The van der Waals surface area contributed by atoms with Crippen LogP contribution in [0, 0.1) is 0 Å². The Morgan fingerprint density at radius 3 is 2.67 bits per heavy atom. The third-order valence-electron chi connectivity index (χ3n) is 3.08. The summed E-state index contributed by atoms with van der Waals surface area (Å²) in [5.41, 5.74) is 2.57. The van der Waals surface area contributed by atoms with Crippen LogP contribution in [0.5, 0.6) is 0 Å². The van der Waals surface area contributed by atoms with Crippen LogP contribution in [0.3, 0.4) is 0 Å². The first-order chi connectivity index (χ1) is 10.2. The van der Waals surface area contributed by atoms with E-state index >= 15 is 0 Å². The summed E-state index contributed by atoms with van der Waals surface area (Å²) in [6.45, 7) is 0.486. The summed E-state index contributed by atoms with van der Waals surface area (Å²) in [7, 11) is 0. The number of anilines is 1. The van der Waals surface area contributed by atoms with Crippen LogP contribution in [0.25, 0.3) is 11.0 Å². The van der Waals surface area contributed by atoms with Gasteiger partial charge in [-0.15, -0.1) is 5.10 Å². The zero-order chi connectivity index (χ0) is 14.7. The number of halogens is 1. The molecule has 0 aliphatic rings. The molecule has 2 aromatic carbocycles. The Kier molecular flexibility index (Phi) is 4.14. The zero-order valence-electron chi connectivity index (χ0n) is 11.1. The number of para-hydroxylation sites is 2. The van der Waals surface area contributed by atoms with Gasteiger partial charge in [0.1, 0.15) is 9.44 Å². The van der Waals surface area contributed by atoms with Crippen LogP contribution in [0.1, 0.15) is 0 Å². The van der Waals surface area contributed by atoms with E-state index in [1.165, 1.54) is 0 Å².